The normalized spacial score (nSPS) is 53.0. The summed E-state index contributed by atoms with van der Waals surface area (Å²) in [6, 6.07) is 8.98. The van der Waals surface area contributed by atoms with Gasteiger partial charge >= 0.3 is 5.97 Å². The summed E-state index contributed by atoms with van der Waals surface area (Å²) in [5.41, 5.74) is -1.13. The highest BCUT2D eigenvalue weighted by atomic mass is 16.7. The number of ketones is 1. The first-order valence-electron chi connectivity index (χ1n) is 12.5. The molecule has 3 aliphatic carbocycles. The van der Waals surface area contributed by atoms with Gasteiger partial charge in [-0.2, -0.15) is 0 Å². The van der Waals surface area contributed by atoms with Crippen molar-refractivity contribution in [2.45, 2.75) is 81.3 Å². The van der Waals surface area contributed by atoms with Crippen LogP contribution in [0.1, 0.15) is 50.4 Å². The van der Waals surface area contributed by atoms with Gasteiger partial charge in [-0.05, 0) is 36.7 Å². The zero-order chi connectivity index (χ0) is 23.4. The standard InChI is InChI=1S/C27H28O7/c1-12(2)25-20(33-25)21-27(34-21)24(3)10-9-14-17(15(24)11-16-26(27,32-16)23(25)30)19(31-22(14)29)18(28)13-7-5-4-6-8-13/h4-8,12,14-16,20-21,23,30H,9-11H2,1-3H3/t14?,15-,16-,20-,21-,23+,24-,25-,26+,27+/m0/s1. The van der Waals surface area contributed by atoms with Gasteiger partial charge in [0, 0.05) is 11.0 Å². The van der Waals surface area contributed by atoms with Crippen molar-refractivity contribution in [1.82, 2.24) is 0 Å². The van der Waals surface area contributed by atoms with Crippen molar-refractivity contribution in [3.05, 3.63) is 47.2 Å². The number of aliphatic hydroxyl groups is 1. The Kier molecular flexibility index (Phi) is 3.36. The van der Waals surface area contributed by atoms with E-state index < -0.39 is 34.2 Å². The number of benzene rings is 1. The van der Waals surface area contributed by atoms with Gasteiger partial charge in [-0.25, -0.2) is 0 Å². The van der Waals surface area contributed by atoms with Crippen molar-refractivity contribution in [2.24, 2.45) is 23.2 Å². The maximum absolute atomic E-state index is 13.5. The van der Waals surface area contributed by atoms with Crippen LogP contribution >= 0.6 is 0 Å². The van der Waals surface area contributed by atoms with E-state index in [9.17, 15) is 14.7 Å². The number of fused-ring (bicyclic) bond motifs is 5. The molecule has 0 aromatic heterocycles. The van der Waals surface area contributed by atoms with Gasteiger partial charge in [-0.15, -0.1) is 0 Å². The number of Topliss-reactive ketones (excluding diaryl/α,β-unsaturated/α-hetero) is 1. The molecule has 6 fully saturated rings. The van der Waals surface area contributed by atoms with Crippen molar-refractivity contribution in [2.75, 3.05) is 0 Å². The van der Waals surface area contributed by atoms with E-state index in [2.05, 4.69) is 20.8 Å². The number of esters is 1. The fourth-order valence-corrected chi connectivity index (χ4v) is 8.77. The van der Waals surface area contributed by atoms with Crippen molar-refractivity contribution >= 4 is 11.8 Å². The molecule has 4 heterocycles. The third-order valence-electron chi connectivity index (χ3n) is 10.5. The summed E-state index contributed by atoms with van der Waals surface area (Å²) >= 11 is 0. The molecule has 0 bridgehead atoms. The highest BCUT2D eigenvalue weighted by molar-refractivity contribution is 6.11. The molecule has 1 aromatic carbocycles. The molecule has 7 heteroatoms. The molecule has 10 atom stereocenters. The fraction of sp³-hybridized carbons (Fsp3) is 0.630. The number of hydrogen-bond donors (Lipinski definition) is 1. The van der Waals surface area contributed by atoms with E-state index in [-0.39, 0.29) is 47.7 Å². The van der Waals surface area contributed by atoms with Crippen LogP contribution in [0.25, 0.3) is 0 Å². The van der Waals surface area contributed by atoms with Crippen LogP contribution in [0, 0.1) is 23.2 Å². The lowest BCUT2D eigenvalue weighted by atomic mass is 9.45. The predicted molar refractivity (Wildman–Crippen MR) is 116 cm³/mol. The minimum absolute atomic E-state index is 0.0940. The number of carbonyl (C=O) groups excluding carboxylic acids is 2. The van der Waals surface area contributed by atoms with Crippen molar-refractivity contribution in [3.8, 4) is 0 Å². The highest BCUT2D eigenvalue weighted by Gasteiger charge is 3.00. The van der Waals surface area contributed by atoms with Gasteiger partial charge < -0.3 is 24.1 Å². The van der Waals surface area contributed by atoms with Crippen LogP contribution in [-0.4, -0.2) is 58.1 Å². The molecule has 8 rings (SSSR count). The summed E-state index contributed by atoms with van der Waals surface area (Å²) in [5, 5.41) is 11.7. The van der Waals surface area contributed by atoms with Gasteiger partial charge in [0.2, 0.25) is 5.78 Å². The zero-order valence-corrected chi connectivity index (χ0v) is 19.4. The average molecular weight is 465 g/mol. The second kappa shape index (κ2) is 5.67. The molecule has 3 saturated carbocycles. The number of hydrogen-bond acceptors (Lipinski definition) is 7. The first-order chi connectivity index (χ1) is 16.2. The first-order valence-corrected chi connectivity index (χ1v) is 12.5. The molecule has 0 radical (unpaired) electrons. The number of ether oxygens (including phenoxy) is 4. The van der Waals surface area contributed by atoms with E-state index in [0.29, 0.717) is 18.4 Å². The number of carbonyl (C=O) groups is 2. The fourth-order valence-electron chi connectivity index (χ4n) is 8.77. The molecular weight excluding hydrogens is 436 g/mol. The predicted octanol–water partition coefficient (Wildman–Crippen LogP) is 2.56. The summed E-state index contributed by atoms with van der Waals surface area (Å²) in [6.45, 7) is 6.36. The van der Waals surface area contributed by atoms with Crippen LogP contribution < -0.4 is 0 Å². The summed E-state index contributed by atoms with van der Waals surface area (Å²) in [4.78, 5) is 26.3. The topological polar surface area (TPSA) is 101 Å². The van der Waals surface area contributed by atoms with Crippen LogP contribution in [0.5, 0.6) is 0 Å². The number of cyclic esters (lactones) is 1. The SMILES string of the molecule is CC(C)[C@]12O[C@H]1[C@@H]1O[C@]13[C@]1(O[C@H]1C[C@H]1C4=C(C(=O)c5ccccc5)OC(=O)C4CC[C@@]13C)[C@@H]2O. The molecule has 3 saturated heterocycles. The molecule has 0 amide bonds. The zero-order valence-electron chi connectivity index (χ0n) is 19.4. The Bertz CT molecular complexity index is 1210. The van der Waals surface area contributed by atoms with E-state index in [1.807, 2.05) is 18.2 Å². The smallest absolute Gasteiger partial charge is 0.318 e. The molecule has 1 aromatic rings. The number of allylic oxidation sites excluding steroid dienone is 1. The van der Waals surface area contributed by atoms with Crippen LogP contribution in [-0.2, 0) is 23.7 Å². The third kappa shape index (κ3) is 1.83. The molecule has 178 valence electrons. The summed E-state index contributed by atoms with van der Waals surface area (Å²) < 4.78 is 24.9. The quantitative estimate of drug-likeness (QED) is 0.417. The first kappa shape index (κ1) is 20.2. The maximum Gasteiger partial charge on any atom is 0.318 e. The lowest BCUT2D eigenvalue weighted by Gasteiger charge is -2.54. The van der Waals surface area contributed by atoms with Gasteiger partial charge in [-0.1, -0.05) is 51.1 Å². The van der Waals surface area contributed by atoms with Crippen LogP contribution in [0.15, 0.2) is 41.7 Å². The lowest BCUT2D eigenvalue weighted by molar-refractivity contribution is -0.142. The number of aliphatic hydroxyl groups excluding tert-OH is 1. The minimum Gasteiger partial charge on any atom is -0.422 e. The van der Waals surface area contributed by atoms with Crippen molar-refractivity contribution < 1.29 is 33.6 Å². The van der Waals surface area contributed by atoms with Gasteiger partial charge in [0.25, 0.3) is 0 Å². The molecule has 7 nitrogen and oxygen atoms in total. The molecule has 4 aliphatic heterocycles. The lowest BCUT2D eigenvalue weighted by Crippen LogP contribution is -2.69. The van der Waals surface area contributed by atoms with E-state index in [4.69, 9.17) is 18.9 Å². The molecule has 34 heavy (non-hydrogen) atoms. The van der Waals surface area contributed by atoms with E-state index >= 15 is 0 Å². The highest BCUT2D eigenvalue weighted by Crippen LogP contribution is 2.83. The molecule has 7 aliphatic rings. The largest absolute Gasteiger partial charge is 0.422 e. The Labute approximate surface area is 197 Å². The third-order valence-corrected chi connectivity index (χ3v) is 10.5. The van der Waals surface area contributed by atoms with Crippen LogP contribution in [0.3, 0.4) is 0 Å². The van der Waals surface area contributed by atoms with Gasteiger partial charge in [0.05, 0.1) is 12.0 Å². The second-order valence-corrected chi connectivity index (χ2v) is 11.8. The Morgan fingerprint density at radius 2 is 1.88 bits per heavy atom. The average Bonchev–Trinajstić information content (AvgIpc) is 3.72. The van der Waals surface area contributed by atoms with Gasteiger partial charge in [0.1, 0.15) is 29.5 Å². The molecular formula is C27H28O7. The molecule has 1 N–H and O–H groups in total. The van der Waals surface area contributed by atoms with E-state index in [0.717, 1.165) is 12.0 Å². The Morgan fingerprint density at radius 3 is 2.62 bits per heavy atom. The Balaban J connectivity index is 1.26. The number of epoxide rings is 3. The Morgan fingerprint density at radius 1 is 1.12 bits per heavy atom. The number of rotatable bonds is 3. The van der Waals surface area contributed by atoms with Crippen LogP contribution in [0.4, 0.5) is 0 Å². The second-order valence-electron chi connectivity index (χ2n) is 11.8. The summed E-state index contributed by atoms with van der Waals surface area (Å²) in [7, 11) is 0. The van der Waals surface area contributed by atoms with Crippen LogP contribution in [0.2, 0.25) is 0 Å². The minimum atomic E-state index is -0.777. The van der Waals surface area contributed by atoms with Crippen molar-refractivity contribution in [1.29, 1.82) is 0 Å². The van der Waals surface area contributed by atoms with E-state index in [1.54, 1.807) is 12.1 Å². The summed E-state index contributed by atoms with van der Waals surface area (Å²) in [5.74, 6) is -0.737. The summed E-state index contributed by atoms with van der Waals surface area (Å²) in [6.07, 6.45) is 0.745. The van der Waals surface area contributed by atoms with E-state index in [1.165, 1.54) is 0 Å². The van der Waals surface area contributed by atoms with Gasteiger partial charge in [0.15, 0.2) is 11.4 Å². The monoisotopic (exact) mass is 464 g/mol. The Hall–Kier alpha value is -2.06. The van der Waals surface area contributed by atoms with Gasteiger partial charge in [-0.3, -0.25) is 9.59 Å². The maximum atomic E-state index is 13.5. The molecule has 1 unspecified atom stereocenters. The van der Waals surface area contributed by atoms with Crippen molar-refractivity contribution in [3.63, 3.8) is 0 Å². The molecule has 2 spiro atoms.